The molecule has 1 heterocycles. The van der Waals surface area contributed by atoms with Crippen LogP contribution in [0.3, 0.4) is 0 Å². The standard InChI is InChI=1S/C11H20N4O/c1-9-10(8-15(3)14-9)7-13-6-4-5-11(16)12-2/h8,13H,4-7H2,1-3H3,(H,12,16). The highest BCUT2D eigenvalue weighted by atomic mass is 16.1. The topological polar surface area (TPSA) is 59.0 Å². The predicted molar refractivity (Wildman–Crippen MR) is 63.0 cm³/mol. The van der Waals surface area contributed by atoms with E-state index in [9.17, 15) is 4.79 Å². The van der Waals surface area contributed by atoms with Crippen LogP contribution in [0.25, 0.3) is 0 Å². The van der Waals surface area contributed by atoms with Crippen molar-refractivity contribution < 1.29 is 4.79 Å². The normalized spacial score (nSPS) is 10.4. The molecule has 0 aliphatic heterocycles. The lowest BCUT2D eigenvalue weighted by Gasteiger charge is -2.03. The molecule has 90 valence electrons. The zero-order chi connectivity index (χ0) is 12.0. The molecule has 1 aromatic heterocycles. The Bertz CT molecular complexity index is 346. The van der Waals surface area contributed by atoms with Gasteiger partial charge in [0.15, 0.2) is 0 Å². The third kappa shape index (κ3) is 4.02. The number of hydrogen-bond acceptors (Lipinski definition) is 3. The van der Waals surface area contributed by atoms with Crippen molar-refractivity contribution >= 4 is 5.91 Å². The average Bonchev–Trinajstić information content (AvgIpc) is 2.56. The molecule has 0 unspecified atom stereocenters. The summed E-state index contributed by atoms with van der Waals surface area (Å²) in [5.41, 5.74) is 2.27. The molecule has 0 aliphatic rings. The number of carbonyl (C=O) groups is 1. The predicted octanol–water partition coefficient (Wildman–Crippen LogP) is 0.344. The highest BCUT2D eigenvalue weighted by molar-refractivity contribution is 5.75. The Labute approximate surface area is 96.2 Å². The van der Waals surface area contributed by atoms with Crippen LogP contribution in [-0.4, -0.2) is 29.3 Å². The maximum absolute atomic E-state index is 11.0. The van der Waals surface area contributed by atoms with Gasteiger partial charge in [-0.3, -0.25) is 9.48 Å². The van der Waals surface area contributed by atoms with Gasteiger partial charge in [-0.05, 0) is 19.9 Å². The molecule has 0 aliphatic carbocycles. The summed E-state index contributed by atoms with van der Waals surface area (Å²) in [5, 5.41) is 10.2. The quantitative estimate of drug-likeness (QED) is 0.685. The molecule has 2 N–H and O–H groups in total. The van der Waals surface area contributed by atoms with Crippen LogP contribution in [-0.2, 0) is 18.4 Å². The van der Waals surface area contributed by atoms with Crippen LogP contribution in [0.2, 0.25) is 0 Å². The van der Waals surface area contributed by atoms with Gasteiger partial charge in [-0.15, -0.1) is 0 Å². The van der Waals surface area contributed by atoms with E-state index in [2.05, 4.69) is 15.7 Å². The van der Waals surface area contributed by atoms with Gasteiger partial charge in [0.05, 0.1) is 5.69 Å². The lowest BCUT2D eigenvalue weighted by Crippen LogP contribution is -2.21. The van der Waals surface area contributed by atoms with Crippen molar-refractivity contribution in [3.8, 4) is 0 Å². The molecule has 0 fully saturated rings. The molecule has 1 rings (SSSR count). The highest BCUT2D eigenvalue weighted by Gasteiger charge is 2.02. The van der Waals surface area contributed by atoms with Gasteiger partial charge in [-0.2, -0.15) is 5.10 Å². The summed E-state index contributed by atoms with van der Waals surface area (Å²) in [4.78, 5) is 11.0. The summed E-state index contributed by atoms with van der Waals surface area (Å²) in [6.07, 6.45) is 3.45. The lowest BCUT2D eigenvalue weighted by molar-refractivity contribution is -0.120. The fraction of sp³-hybridized carbons (Fsp3) is 0.636. The van der Waals surface area contributed by atoms with Crippen LogP contribution in [0.15, 0.2) is 6.20 Å². The molecule has 0 spiro atoms. The van der Waals surface area contributed by atoms with E-state index in [1.807, 2.05) is 24.9 Å². The van der Waals surface area contributed by atoms with Gasteiger partial charge in [-0.25, -0.2) is 0 Å². The Balaban J connectivity index is 2.16. The van der Waals surface area contributed by atoms with Gasteiger partial charge >= 0.3 is 0 Å². The van der Waals surface area contributed by atoms with Crippen molar-refractivity contribution in [2.75, 3.05) is 13.6 Å². The van der Waals surface area contributed by atoms with E-state index < -0.39 is 0 Å². The molecule has 1 amide bonds. The minimum atomic E-state index is 0.0966. The maximum Gasteiger partial charge on any atom is 0.219 e. The number of amides is 1. The molecule has 5 nitrogen and oxygen atoms in total. The second-order valence-electron chi connectivity index (χ2n) is 3.87. The summed E-state index contributed by atoms with van der Waals surface area (Å²) in [5.74, 6) is 0.0966. The van der Waals surface area contributed by atoms with Gasteiger partial charge in [0.2, 0.25) is 5.91 Å². The number of aromatic nitrogens is 2. The Morgan fingerprint density at radius 1 is 1.56 bits per heavy atom. The summed E-state index contributed by atoms with van der Waals surface area (Å²) in [7, 11) is 3.58. The van der Waals surface area contributed by atoms with E-state index in [0.29, 0.717) is 6.42 Å². The van der Waals surface area contributed by atoms with E-state index >= 15 is 0 Å². The first kappa shape index (κ1) is 12.7. The first-order valence-corrected chi connectivity index (χ1v) is 5.54. The molecule has 0 saturated carbocycles. The Kier molecular flexibility index (Phi) is 4.98. The van der Waals surface area contributed by atoms with Crippen LogP contribution >= 0.6 is 0 Å². The van der Waals surface area contributed by atoms with Gasteiger partial charge in [0.1, 0.15) is 0 Å². The second-order valence-corrected chi connectivity index (χ2v) is 3.87. The molecule has 0 radical (unpaired) electrons. The summed E-state index contributed by atoms with van der Waals surface area (Å²) >= 11 is 0. The van der Waals surface area contributed by atoms with E-state index in [1.165, 1.54) is 5.56 Å². The van der Waals surface area contributed by atoms with Crippen LogP contribution in [0, 0.1) is 6.92 Å². The molecule has 5 heteroatoms. The number of hydrogen-bond donors (Lipinski definition) is 2. The van der Waals surface area contributed by atoms with E-state index in [0.717, 1.165) is 25.2 Å². The fourth-order valence-electron chi connectivity index (χ4n) is 1.54. The molecule has 0 bridgehead atoms. The molecular weight excluding hydrogens is 204 g/mol. The number of nitrogens with zero attached hydrogens (tertiary/aromatic N) is 2. The number of nitrogens with one attached hydrogen (secondary N) is 2. The second kappa shape index (κ2) is 6.27. The van der Waals surface area contributed by atoms with Gasteiger partial charge in [0, 0.05) is 38.8 Å². The number of carbonyl (C=O) groups excluding carboxylic acids is 1. The molecule has 0 saturated heterocycles. The Morgan fingerprint density at radius 2 is 2.31 bits per heavy atom. The van der Waals surface area contributed by atoms with E-state index in [-0.39, 0.29) is 5.91 Å². The minimum absolute atomic E-state index is 0.0966. The highest BCUT2D eigenvalue weighted by Crippen LogP contribution is 2.03. The van der Waals surface area contributed by atoms with Crippen LogP contribution in [0.4, 0.5) is 0 Å². The fourth-order valence-corrected chi connectivity index (χ4v) is 1.54. The third-order valence-corrected chi connectivity index (χ3v) is 2.47. The Morgan fingerprint density at radius 3 is 2.88 bits per heavy atom. The molecule has 0 atom stereocenters. The van der Waals surface area contributed by atoms with Crippen molar-refractivity contribution in [1.29, 1.82) is 0 Å². The number of aryl methyl sites for hydroxylation is 2. The van der Waals surface area contributed by atoms with Gasteiger partial charge in [0.25, 0.3) is 0 Å². The van der Waals surface area contributed by atoms with Crippen molar-refractivity contribution in [3.05, 3.63) is 17.5 Å². The molecule has 1 aromatic rings. The smallest absolute Gasteiger partial charge is 0.219 e. The SMILES string of the molecule is CNC(=O)CCCNCc1cn(C)nc1C. The largest absolute Gasteiger partial charge is 0.359 e. The zero-order valence-corrected chi connectivity index (χ0v) is 10.2. The molecule has 0 aromatic carbocycles. The third-order valence-electron chi connectivity index (χ3n) is 2.47. The first-order valence-electron chi connectivity index (χ1n) is 5.54. The van der Waals surface area contributed by atoms with Crippen LogP contribution < -0.4 is 10.6 Å². The van der Waals surface area contributed by atoms with E-state index in [1.54, 1.807) is 7.05 Å². The molecular formula is C11H20N4O. The summed E-state index contributed by atoms with van der Waals surface area (Å²) in [6.45, 7) is 3.66. The zero-order valence-electron chi connectivity index (χ0n) is 10.2. The maximum atomic E-state index is 11.0. The van der Waals surface area contributed by atoms with E-state index in [4.69, 9.17) is 0 Å². The van der Waals surface area contributed by atoms with Crippen LogP contribution in [0.5, 0.6) is 0 Å². The van der Waals surface area contributed by atoms with Gasteiger partial charge < -0.3 is 10.6 Å². The Hall–Kier alpha value is -1.36. The van der Waals surface area contributed by atoms with Crippen LogP contribution in [0.1, 0.15) is 24.1 Å². The van der Waals surface area contributed by atoms with Crippen molar-refractivity contribution in [2.24, 2.45) is 7.05 Å². The summed E-state index contributed by atoms with van der Waals surface area (Å²) < 4.78 is 1.82. The average molecular weight is 224 g/mol. The minimum Gasteiger partial charge on any atom is -0.359 e. The lowest BCUT2D eigenvalue weighted by atomic mass is 10.2. The molecule has 16 heavy (non-hydrogen) atoms. The van der Waals surface area contributed by atoms with Crippen molar-refractivity contribution in [2.45, 2.75) is 26.3 Å². The monoisotopic (exact) mass is 224 g/mol. The van der Waals surface area contributed by atoms with Crippen molar-refractivity contribution in [3.63, 3.8) is 0 Å². The number of rotatable bonds is 6. The van der Waals surface area contributed by atoms with Gasteiger partial charge in [-0.1, -0.05) is 0 Å². The van der Waals surface area contributed by atoms with Crippen molar-refractivity contribution in [1.82, 2.24) is 20.4 Å². The summed E-state index contributed by atoms with van der Waals surface area (Å²) in [6, 6.07) is 0. The first-order chi connectivity index (χ1) is 7.63.